The average Bonchev–Trinajstić information content (AvgIpc) is 4.37. The van der Waals surface area contributed by atoms with Crippen molar-refractivity contribution in [2.24, 2.45) is 0 Å². The van der Waals surface area contributed by atoms with E-state index in [-0.39, 0.29) is 0 Å². The molecular weight excluding hydrogens is 989 g/mol. The van der Waals surface area contributed by atoms with Crippen molar-refractivity contribution in [1.82, 2.24) is 14.5 Å². The largest absolute Gasteiger partial charge is 0.309 e. The molecule has 1 aliphatic carbocycles. The van der Waals surface area contributed by atoms with Crippen molar-refractivity contribution in [2.45, 2.75) is 5.41 Å². The fourth-order valence-corrected chi connectivity index (χ4v) is 14.4. The van der Waals surface area contributed by atoms with E-state index >= 15 is 0 Å². The van der Waals surface area contributed by atoms with Crippen LogP contribution in [0.1, 0.15) is 22.3 Å². The summed E-state index contributed by atoms with van der Waals surface area (Å²) < 4.78 is 4.78. The van der Waals surface area contributed by atoms with E-state index in [1.165, 1.54) is 75.5 Å². The van der Waals surface area contributed by atoms with Crippen molar-refractivity contribution in [3.63, 3.8) is 0 Å². The van der Waals surface area contributed by atoms with E-state index in [0.717, 1.165) is 61.4 Å². The van der Waals surface area contributed by atoms with Gasteiger partial charge in [-0.25, -0.2) is 9.97 Å². The number of nitrogens with zero attached hydrogens (tertiary/aromatic N) is 4. The smallest absolute Gasteiger partial charge is 0.235 e. The summed E-state index contributed by atoms with van der Waals surface area (Å²) in [4.78, 5) is 13.5. The van der Waals surface area contributed by atoms with Crippen LogP contribution < -0.4 is 4.90 Å². The highest BCUT2D eigenvalue weighted by Gasteiger charge is 2.46. The minimum absolute atomic E-state index is 0.568. The molecule has 3 heterocycles. The number of para-hydroxylation sites is 1. The van der Waals surface area contributed by atoms with Gasteiger partial charge in [0.1, 0.15) is 0 Å². The molecule has 1 aliphatic rings. The van der Waals surface area contributed by atoms with Gasteiger partial charge in [-0.3, -0.25) is 4.57 Å². The molecule has 12 aromatic carbocycles. The molecule has 0 atom stereocenters. The quantitative estimate of drug-likeness (QED) is 0.144. The van der Waals surface area contributed by atoms with Gasteiger partial charge in [-0.2, -0.15) is 0 Å². The lowest BCUT2D eigenvalue weighted by molar-refractivity contribution is 0.768. The fraction of sp³-hybridized carbons (Fsp3) is 0.0133. The predicted molar refractivity (Wildman–Crippen MR) is 335 cm³/mol. The molecule has 0 bridgehead atoms. The van der Waals surface area contributed by atoms with Crippen molar-refractivity contribution < 1.29 is 0 Å². The molecule has 0 spiro atoms. The molecule has 374 valence electrons. The van der Waals surface area contributed by atoms with Gasteiger partial charge in [0.2, 0.25) is 5.95 Å². The molecule has 80 heavy (non-hydrogen) atoms. The van der Waals surface area contributed by atoms with Crippen LogP contribution in [0.4, 0.5) is 17.1 Å². The molecule has 0 saturated carbocycles. The zero-order valence-electron chi connectivity index (χ0n) is 43.4. The molecule has 0 unspecified atom stereocenters. The van der Waals surface area contributed by atoms with E-state index in [1.54, 1.807) is 0 Å². The summed E-state index contributed by atoms with van der Waals surface area (Å²) in [6.45, 7) is 0. The SMILES string of the molecule is c1ccc(-c2ccc(N(c3ccc4c(c3)C(c3ccccc3)(c3ccccc3)c3ccccc3-4)c3cccc4c3sc3c5ccccc5c5c(c6ccccc6n5-c5nc(-c6ccccc6)cc(-c6ccccc6)n5)c43)cc2)cc1. The standard InChI is InChI=1S/C75H48N4S/c1-6-23-49(24-7-1)50-41-43-55(44-42-50)78(56-45-46-58-57-33-18-20-38-63(57)75(64(58)47-56,53-29-12-4-13-30-53)54-31-14-5-15-32-54)68-40-22-37-62-70-69-61-36-19-21-39-67(61)79(71(69)59-34-16-17-35-60(59)73(70)80-72(62)68)74-76-65(51-25-8-2-9-26-51)48-66(77-74)52-27-10-3-11-28-52/h1-48H. The Bertz CT molecular complexity index is 4760. The third kappa shape index (κ3) is 7.01. The van der Waals surface area contributed by atoms with Gasteiger partial charge in [0, 0.05) is 59.5 Å². The van der Waals surface area contributed by atoms with Gasteiger partial charge in [-0.05, 0) is 87.0 Å². The molecule has 0 aliphatic heterocycles. The maximum atomic E-state index is 5.47. The maximum absolute atomic E-state index is 5.47. The first-order valence-corrected chi connectivity index (χ1v) is 28.1. The van der Waals surface area contributed by atoms with Crippen LogP contribution in [0.2, 0.25) is 0 Å². The summed E-state index contributed by atoms with van der Waals surface area (Å²) in [7, 11) is 0. The highest BCUT2D eigenvalue weighted by Crippen LogP contribution is 2.58. The lowest BCUT2D eigenvalue weighted by atomic mass is 9.67. The Labute approximate surface area is 467 Å². The van der Waals surface area contributed by atoms with E-state index in [2.05, 4.69) is 301 Å². The van der Waals surface area contributed by atoms with Gasteiger partial charge in [-0.1, -0.05) is 249 Å². The van der Waals surface area contributed by atoms with Gasteiger partial charge >= 0.3 is 0 Å². The molecule has 0 fully saturated rings. The minimum atomic E-state index is -0.568. The summed E-state index contributed by atoms with van der Waals surface area (Å²) in [6, 6.07) is 106. The average molecular weight is 1040 g/mol. The molecule has 3 aromatic heterocycles. The van der Waals surface area contributed by atoms with Crippen molar-refractivity contribution >= 4 is 81.1 Å². The molecular formula is C75H48N4S. The number of fused-ring (bicyclic) bond motifs is 13. The maximum Gasteiger partial charge on any atom is 0.235 e. The first-order valence-electron chi connectivity index (χ1n) is 27.3. The Hall–Kier alpha value is -10.2. The van der Waals surface area contributed by atoms with E-state index < -0.39 is 5.41 Å². The van der Waals surface area contributed by atoms with Gasteiger partial charge in [0.05, 0.1) is 38.2 Å². The van der Waals surface area contributed by atoms with Gasteiger partial charge in [-0.15, -0.1) is 11.3 Å². The monoisotopic (exact) mass is 1040 g/mol. The van der Waals surface area contributed by atoms with Crippen molar-refractivity contribution in [1.29, 1.82) is 0 Å². The first-order chi connectivity index (χ1) is 39.7. The first kappa shape index (κ1) is 45.9. The Morgan fingerprint density at radius 1 is 0.350 bits per heavy atom. The van der Waals surface area contributed by atoms with Gasteiger partial charge < -0.3 is 4.90 Å². The van der Waals surface area contributed by atoms with E-state index in [9.17, 15) is 0 Å². The van der Waals surface area contributed by atoms with Crippen LogP contribution in [0.15, 0.2) is 291 Å². The van der Waals surface area contributed by atoms with Gasteiger partial charge in [0.15, 0.2) is 0 Å². The fourth-order valence-electron chi connectivity index (χ4n) is 13.0. The lowest BCUT2D eigenvalue weighted by Gasteiger charge is -2.35. The number of aromatic nitrogens is 3. The van der Waals surface area contributed by atoms with Crippen LogP contribution >= 0.6 is 11.3 Å². The van der Waals surface area contributed by atoms with Crippen molar-refractivity contribution in [3.8, 4) is 50.7 Å². The highest BCUT2D eigenvalue weighted by molar-refractivity contribution is 7.27. The number of hydrogen-bond acceptors (Lipinski definition) is 4. The summed E-state index contributed by atoms with van der Waals surface area (Å²) >= 11 is 1.89. The Morgan fingerprint density at radius 2 is 0.863 bits per heavy atom. The Kier molecular flexibility index (Phi) is 10.6. The second-order valence-electron chi connectivity index (χ2n) is 20.8. The van der Waals surface area contributed by atoms with Crippen LogP contribution in [-0.4, -0.2) is 14.5 Å². The summed E-state index contributed by atoms with van der Waals surface area (Å²) in [6.07, 6.45) is 0. The Morgan fingerprint density at radius 3 is 1.52 bits per heavy atom. The molecule has 16 rings (SSSR count). The van der Waals surface area contributed by atoms with E-state index in [0.29, 0.717) is 5.95 Å². The lowest BCUT2D eigenvalue weighted by Crippen LogP contribution is -2.28. The second kappa shape index (κ2) is 18.5. The number of benzene rings is 12. The van der Waals surface area contributed by atoms with Crippen LogP contribution in [0, 0.1) is 0 Å². The predicted octanol–water partition coefficient (Wildman–Crippen LogP) is 19.9. The van der Waals surface area contributed by atoms with E-state index in [4.69, 9.17) is 9.97 Å². The van der Waals surface area contributed by atoms with Crippen molar-refractivity contribution in [3.05, 3.63) is 313 Å². The number of rotatable bonds is 9. The van der Waals surface area contributed by atoms with Crippen molar-refractivity contribution in [2.75, 3.05) is 4.90 Å². The summed E-state index contributed by atoms with van der Waals surface area (Å²) in [5.41, 5.74) is 18.6. The topological polar surface area (TPSA) is 34.0 Å². The van der Waals surface area contributed by atoms with Crippen LogP contribution in [-0.2, 0) is 5.41 Å². The highest BCUT2D eigenvalue weighted by atomic mass is 32.1. The summed E-state index contributed by atoms with van der Waals surface area (Å²) in [5, 5.41) is 7.12. The molecule has 0 saturated heterocycles. The molecule has 15 aromatic rings. The number of hydrogen-bond donors (Lipinski definition) is 0. The zero-order chi connectivity index (χ0) is 52.7. The minimum Gasteiger partial charge on any atom is -0.309 e. The molecule has 4 nitrogen and oxygen atoms in total. The van der Waals surface area contributed by atoms with E-state index in [1.807, 2.05) is 11.3 Å². The van der Waals surface area contributed by atoms with Crippen LogP contribution in [0.5, 0.6) is 0 Å². The van der Waals surface area contributed by atoms with Crippen LogP contribution in [0.25, 0.3) is 103 Å². The molecule has 0 N–H and O–H groups in total. The number of anilines is 3. The second-order valence-corrected chi connectivity index (χ2v) is 21.8. The third-order valence-electron chi connectivity index (χ3n) is 16.5. The molecule has 0 radical (unpaired) electrons. The Balaban J connectivity index is 0.980. The normalized spacial score (nSPS) is 12.6. The number of thiophene rings is 1. The third-order valence-corrected chi connectivity index (χ3v) is 17.7. The molecule has 0 amide bonds. The van der Waals surface area contributed by atoms with Crippen LogP contribution in [0.3, 0.4) is 0 Å². The van der Waals surface area contributed by atoms with Gasteiger partial charge in [0.25, 0.3) is 0 Å². The molecule has 5 heteroatoms. The zero-order valence-corrected chi connectivity index (χ0v) is 44.2. The summed E-state index contributed by atoms with van der Waals surface area (Å²) in [5.74, 6) is 0.632.